The molecule has 118 valence electrons. The van der Waals surface area contributed by atoms with Crippen LogP contribution in [0.4, 0.5) is 0 Å². The van der Waals surface area contributed by atoms with E-state index in [0.29, 0.717) is 4.90 Å². The molecule has 1 N–H and O–H groups in total. The maximum atomic E-state index is 12.9. The van der Waals surface area contributed by atoms with E-state index in [-0.39, 0.29) is 6.61 Å². The molecule has 1 aliphatic rings. The Labute approximate surface area is 127 Å². The van der Waals surface area contributed by atoms with Gasteiger partial charge in [0.25, 0.3) is 0 Å². The van der Waals surface area contributed by atoms with Crippen LogP contribution in [0.15, 0.2) is 29.2 Å². The van der Waals surface area contributed by atoms with E-state index in [4.69, 9.17) is 0 Å². The molecule has 1 aromatic rings. The molecule has 1 aliphatic heterocycles. The summed E-state index contributed by atoms with van der Waals surface area (Å²) in [5.41, 5.74) is -0.175. The zero-order valence-corrected chi connectivity index (χ0v) is 14.1. The quantitative estimate of drug-likeness (QED) is 0.822. The topological polar surface area (TPSA) is 57.4 Å². The van der Waals surface area contributed by atoms with Crippen LogP contribution < -0.4 is 0 Å². The van der Waals surface area contributed by atoms with Crippen molar-refractivity contribution in [2.24, 2.45) is 0 Å². The second-order valence-electron chi connectivity index (χ2n) is 6.39. The molecule has 0 bridgehead atoms. The number of aryl methyl sites for hydroxylation is 1. The lowest BCUT2D eigenvalue weighted by atomic mass is 9.92. The number of benzene rings is 1. The van der Waals surface area contributed by atoms with Crippen molar-refractivity contribution in [2.45, 2.75) is 62.9 Å². The van der Waals surface area contributed by atoms with Crippen molar-refractivity contribution >= 4 is 10.0 Å². The summed E-state index contributed by atoms with van der Waals surface area (Å²) < 4.78 is 27.2. The summed E-state index contributed by atoms with van der Waals surface area (Å²) in [6, 6.07) is 6.88. The van der Waals surface area contributed by atoms with Gasteiger partial charge in [0.15, 0.2) is 0 Å². The third-order valence-corrected chi connectivity index (χ3v) is 7.05. The maximum Gasteiger partial charge on any atom is 0.244 e. The fraction of sp³-hybridized carbons (Fsp3) is 0.625. The van der Waals surface area contributed by atoms with E-state index < -0.39 is 21.1 Å². The molecule has 1 fully saturated rings. The van der Waals surface area contributed by atoms with Crippen molar-refractivity contribution in [1.82, 2.24) is 4.31 Å². The van der Waals surface area contributed by atoms with Gasteiger partial charge < -0.3 is 5.11 Å². The zero-order chi connectivity index (χ0) is 15.9. The summed E-state index contributed by atoms with van der Waals surface area (Å²) in [5, 5.41) is 9.72. The minimum absolute atomic E-state index is 0.154. The lowest BCUT2D eigenvalue weighted by molar-refractivity contribution is 0.237. The molecular weight excluding hydrogens is 286 g/mol. The fourth-order valence-corrected chi connectivity index (χ4v) is 5.42. The SMILES string of the molecule is CCCCC1(C)N(S(=O)(=O)c2ccc(C)cc2)[C@]1(C)CO. The van der Waals surface area contributed by atoms with E-state index in [2.05, 4.69) is 6.92 Å². The van der Waals surface area contributed by atoms with Gasteiger partial charge in [-0.05, 0) is 39.3 Å². The highest BCUT2D eigenvalue weighted by atomic mass is 32.2. The van der Waals surface area contributed by atoms with Gasteiger partial charge in [0.2, 0.25) is 10.0 Å². The Bertz CT molecular complexity index is 611. The molecule has 0 aromatic heterocycles. The first kappa shape index (κ1) is 16.5. The smallest absolute Gasteiger partial charge is 0.244 e. The van der Waals surface area contributed by atoms with Gasteiger partial charge >= 0.3 is 0 Å². The van der Waals surface area contributed by atoms with E-state index in [1.807, 2.05) is 20.8 Å². The van der Waals surface area contributed by atoms with Crippen LogP contribution in [0.5, 0.6) is 0 Å². The number of aliphatic hydroxyl groups excluding tert-OH is 1. The summed E-state index contributed by atoms with van der Waals surface area (Å²) in [6.07, 6.45) is 2.73. The molecule has 0 aliphatic carbocycles. The standard InChI is InChI=1S/C16H25NO3S/c1-5-6-11-15(3)16(4,12-18)17(15)21(19,20)14-9-7-13(2)8-10-14/h7-10,18H,5-6,11-12H2,1-4H3/t15?,16-,17?/m1/s1. The third-order valence-electron chi connectivity index (χ3n) is 4.89. The molecule has 0 saturated carbocycles. The lowest BCUT2D eigenvalue weighted by Crippen LogP contribution is -2.24. The Morgan fingerprint density at radius 1 is 1.14 bits per heavy atom. The van der Waals surface area contributed by atoms with E-state index in [1.165, 1.54) is 4.31 Å². The largest absolute Gasteiger partial charge is 0.394 e. The first-order valence-corrected chi connectivity index (χ1v) is 8.91. The molecule has 2 unspecified atom stereocenters. The Morgan fingerprint density at radius 2 is 1.71 bits per heavy atom. The van der Waals surface area contributed by atoms with Crippen molar-refractivity contribution in [3.05, 3.63) is 29.8 Å². The number of sulfonamides is 1. The summed E-state index contributed by atoms with van der Waals surface area (Å²) >= 11 is 0. The number of nitrogens with zero attached hydrogens (tertiary/aromatic N) is 1. The molecule has 0 radical (unpaired) electrons. The molecule has 1 saturated heterocycles. The van der Waals surface area contributed by atoms with E-state index in [9.17, 15) is 13.5 Å². The van der Waals surface area contributed by atoms with Gasteiger partial charge in [0.05, 0.1) is 22.6 Å². The second-order valence-corrected chi connectivity index (χ2v) is 8.18. The Kier molecular flexibility index (Phi) is 4.21. The summed E-state index contributed by atoms with van der Waals surface area (Å²) in [5.74, 6) is 0. The lowest BCUT2D eigenvalue weighted by Gasteiger charge is -2.12. The van der Waals surface area contributed by atoms with Crippen molar-refractivity contribution < 1.29 is 13.5 Å². The van der Waals surface area contributed by atoms with Crippen LogP contribution in [0, 0.1) is 6.92 Å². The molecular formula is C16H25NO3S. The maximum absolute atomic E-state index is 12.9. The predicted molar refractivity (Wildman–Crippen MR) is 83.6 cm³/mol. The third kappa shape index (κ3) is 2.41. The first-order valence-electron chi connectivity index (χ1n) is 7.47. The van der Waals surface area contributed by atoms with Crippen LogP contribution >= 0.6 is 0 Å². The Hall–Kier alpha value is -0.910. The predicted octanol–water partition coefficient (Wildman–Crippen LogP) is 2.70. The van der Waals surface area contributed by atoms with Crippen LogP contribution in [0.3, 0.4) is 0 Å². The van der Waals surface area contributed by atoms with Crippen LogP contribution in [0.25, 0.3) is 0 Å². The highest BCUT2D eigenvalue weighted by Gasteiger charge is 2.73. The van der Waals surface area contributed by atoms with Gasteiger partial charge in [0, 0.05) is 0 Å². The second kappa shape index (κ2) is 5.38. The van der Waals surface area contributed by atoms with Gasteiger partial charge in [-0.25, -0.2) is 8.42 Å². The van der Waals surface area contributed by atoms with E-state index in [0.717, 1.165) is 24.8 Å². The highest BCUT2D eigenvalue weighted by molar-refractivity contribution is 7.89. The minimum Gasteiger partial charge on any atom is -0.394 e. The molecule has 2 rings (SSSR count). The van der Waals surface area contributed by atoms with Crippen molar-refractivity contribution in [3.63, 3.8) is 0 Å². The molecule has 4 nitrogen and oxygen atoms in total. The number of aliphatic hydroxyl groups is 1. The number of rotatable bonds is 6. The van der Waals surface area contributed by atoms with Crippen LogP contribution in [-0.4, -0.2) is 35.5 Å². The zero-order valence-electron chi connectivity index (χ0n) is 13.3. The van der Waals surface area contributed by atoms with Crippen molar-refractivity contribution in [3.8, 4) is 0 Å². The van der Waals surface area contributed by atoms with E-state index in [1.54, 1.807) is 24.3 Å². The first-order chi connectivity index (χ1) is 9.74. The normalized spacial score (nSPS) is 32.1. The number of unbranched alkanes of at least 4 members (excludes halogenated alkanes) is 1. The molecule has 0 spiro atoms. The minimum atomic E-state index is -3.57. The van der Waals surface area contributed by atoms with Gasteiger partial charge in [-0.15, -0.1) is 0 Å². The monoisotopic (exact) mass is 311 g/mol. The van der Waals surface area contributed by atoms with Gasteiger partial charge in [0.1, 0.15) is 0 Å². The van der Waals surface area contributed by atoms with Crippen molar-refractivity contribution in [1.29, 1.82) is 0 Å². The molecule has 21 heavy (non-hydrogen) atoms. The fourth-order valence-electron chi connectivity index (χ4n) is 3.17. The molecule has 0 amide bonds. The summed E-state index contributed by atoms with van der Waals surface area (Å²) in [6.45, 7) is 7.62. The average Bonchev–Trinajstić information content (AvgIpc) is 2.95. The van der Waals surface area contributed by atoms with Crippen molar-refractivity contribution in [2.75, 3.05) is 6.61 Å². The molecule has 3 atom stereocenters. The van der Waals surface area contributed by atoms with Crippen LogP contribution in [0.2, 0.25) is 0 Å². The van der Waals surface area contributed by atoms with Crippen LogP contribution in [-0.2, 0) is 10.0 Å². The molecule has 1 heterocycles. The van der Waals surface area contributed by atoms with Gasteiger partial charge in [-0.2, -0.15) is 4.31 Å². The van der Waals surface area contributed by atoms with Crippen LogP contribution in [0.1, 0.15) is 45.6 Å². The Balaban J connectivity index is 2.38. The molecule has 5 heteroatoms. The summed E-state index contributed by atoms with van der Waals surface area (Å²) in [7, 11) is -3.57. The highest BCUT2D eigenvalue weighted by Crippen LogP contribution is 2.57. The summed E-state index contributed by atoms with van der Waals surface area (Å²) in [4.78, 5) is 0.299. The van der Waals surface area contributed by atoms with E-state index >= 15 is 0 Å². The van der Waals surface area contributed by atoms with Gasteiger partial charge in [-0.1, -0.05) is 37.5 Å². The molecule has 1 aromatic carbocycles. The number of hydrogen-bond donors (Lipinski definition) is 1. The van der Waals surface area contributed by atoms with Gasteiger partial charge in [-0.3, -0.25) is 0 Å². The Morgan fingerprint density at radius 3 is 2.19 bits per heavy atom. The average molecular weight is 311 g/mol. The number of hydrogen-bond acceptors (Lipinski definition) is 3.